The first-order valence-electron chi connectivity index (χ1n) is 12.3. The third-order valence-electron chi connectivity index (χ3n) is 6.94. The zero-order valence-electron chi connectivity index (χ0n) is 20.5. The van der Waals surface area contributed by atoms with Crippen LogP contribution in [0.2, 0.25) is 0 Å². The quantitative estimate of drug-likeness (QED) is 0.259. The SMILES string of the molecule is CN1CC(C(=O)c2ccc(N(c3ccccc3)c3cccc4ccccc34)cc2)=C(O)c2ccccc21. The van der Waals surface area contributed by atoms with Crippen molar-refractivity contribution in [1.82, 2.24) is 0 Å². The molecule has 0 unspecified atom stereocenters. The topological polar surface area (TPSA) is 43.8 Å². The molecule has 0 spiro atoms. The minimum atomic E-state index is -0.165. The van der Waals surface area contributed by atoms with Crippen LogP contribution in [0.15, 0.2) is 127 Å². The summed E-state index contributed by atoms with van der Waals surface area (Å²) >= 11 is 0. The van der Waals surface area contributed by atoms with Crippen LogP contribution in [0.5, 0.6) is 0 Å². The van der Waals surface area contributed by atoms with Gasteiger partial charge in [-0.1, -0.05) is 66.7 Å². The Hall–Kier alpha value is -4.83. The molecule has 0 radical (unpaired) electrons. The fraction of sp³-hybridized carbons (Fsp3) is 0.0606. The molecule has 180 valence electrons. The number of carbonyl (C=O) groups excluding carboxylic acids is 1. The number of anilines is 4. The van der Waals surface area contributed by atoms with Crippen molar-refractivity contribution in [3.05, 3.63) is 138 Å². The summed E-state index contributed by atoms with van der Waals surface area (Å²) in [6.07, 6.45) is 0. The van der Waals surface area contributed by atoms with Gasteiger partial charge in [-0.3, -0.25) is 4.79 Å². The van der Waals surface area contributed by atoms with Crippen molar-refractivity contribution in [2.24, 2.45) is 0 Å². The maximum Gasteiger partial charge on any atom is 0.194 e. The van der Waals surface area contributed by atoms with Crippen molar-refractivity contribution in [2.45, 2.75) is 0 Å². The highest BCUT2D eigenvalue weighted by atomic mass is 16.3. The number of para-hydroxylation sites is 2. The van der Waals surface area contributed by atoms with E-state index in [-0.39, 0.29) is 11.5 Å². The molecule has 1 heterocycles. The fourth-order valence-corrected chi connectivity index (χ4v) is 5.09. The number of aliphatic hydroxyl groups is 1. The summed E-state index contributed by atoms with van der Waals surface area (Å²) < 4.78 is 0. The number of likely N-dealkylation sites (N-methyl/N-ethyl adjacent to an activating group) is 1. The first-order chi connectivity index (χ1) is 18.1. The molecule has 0 saturated carbocycles. The lowest BCUT2D eigenvalue weighted by atomic mass is 9.94. The number of ketones is 1. The van der Waals surface area contributed by atoms with Gasteiger partial charge in [-0.05, 0) is 60.0 Å². The third-order valence-corrected chi connectivity index (χ3v) is 6.94. The smallest absolute Gasteiger partial charge is 0.194 e. The minimum absolute atomic E-state index is 0.0597. The van der Waals surface area contributed by atoms with E-state index in [2.05, 4.69) is 53.4 Å². The lowest BCUT2D eigenvalue weighted by molar-refractivity contribution is 0.103. The summed E-state index contributed by atoms with van der Waals surface area (Å²) in [7, 11) is 1.93. The maximum atomic E-state index is 13.5. The Labute approximate surface area is 216 Å². The molecule has 37 heavy (non-hydrogen) atoms. The van der Waals surface area contributed by atoms with Gasteiger partial charge in [-0.15, -0.1) is 0 Å². The first-order valence-corrected chi connectivity index (χ1v) is 12.3. The van der Waals surface area contributed by atoms with Crippen LogP contribution < -0.4 is 9.80 Å². The maximum absolute atomic E-state index is 13.5. The van der Waals surface area contributed by atoms with Crippen LogP contribution in [0.25, 0.3) is 16.5 Å². The Balaban J connectivity index is 1.41. The standard InChI is InChI=1S/C33H26N2O2/c1-34-22-29(33(37)28-15-7-8-16-30(28)34)32(36)24-18-20-26(21-19-24)35(25-12-3-2-4-13-25)31-17-9-11-23-10-5-6-14-27(23)31/h2-21,37H,22H2,1H3. The van der Waals surface area contributed by atoms with E-state index in [1.807, 2.05) is 84.7 Å². The molecular formula is C33H26N2O2. The molecule has 4 heteroatoms. The molecule has 0 bridgehead atoms. The number of carbonyl (C=O) groups is 1. The Bertz CT molecular complexity index is 1630. The van der Waals surface area contributed by atoms with E-state index in [1.165, 1.54) is 0 Å². The van der Waals surface area contributed by atoms with Crippen molar-refractivity contribution < 1.29 is 9.90 Å². The van der Waals surface area contributed by atoms with Crippen molar-refractivity contribution >= 4 is 45.1 Å². The second-order valence-electron chi connectivity index (χ2n) is 9.25. The van der Waals surface area contributed by atoms with Crippen LogP contribution in [0.4, 0.5) is 22.7 Å². The third kappa shape index (κ3) is 4.03. The summed E-state index contributed by atoms with van der Waals surface area (Å²) in [5.41, 5.74) is 5.59. The highest BCUT2D eigenvalue weighted by Gasteiger charge is 2.27. The molecule has 5 aromatic rings. The first kappa shape index (κ1) is 22.6. The molecule has 6 rings (SSSR count). The van der Waals surface area contributed by atoms with E-state index in [9.17, 15) is 9.90 Å². The summed E-state index contributed by atoms with van der Waals surface area (Å²) in [6, 6.07) is 40.1. The molecular weight excluding hydrogens is 456 g/mol. The number of nitrogens with zero attached hydrogens (tertiary/aromatic N) is 2. The summed E-state index contributed by atoms with van der Waals surface area (Å²) in [6.45, 7) is 0.357. The van der Waals surface area contributed by atoms with E-state index in [4.69, 9.17) is 0 Å². The Morgan fingerprint density at radius 1 is 0.730 bits per heavy atom. The minimum Gasteiger partial charge on any atom is -0.507 e. The lowest BCUT2D eigenvalue weighted by Gasteiger charge is -2.29. The molecule has 5 aromatic carbocycles. The monoisotopic (exact) mass is 482 g/mol. The summed E-state index contributed by atoms with van der Waals surface area (Å²) in [4.78, 5) is 17.7. The molecule has 4 nitrogen and oxygen atoms in total. The molecule has 0 atom stereocenters. The van der Waals surface area contributed by atoms with E-state index in [0.717, 1.165) is 33.5 Å². The molecule has 0 fully saturated rings. The Kier molecular flexibility index (Phi) is 5.70. The number of aliphatic hydroxyl groups excluding tert-OH is 1. The van der Waals surface area contributed by atoms with Crippen molar-refractivity contribution in [1.29, 1.82) is 0 Å². The van der Waals surface area contributed by atoms with E-state index in [0.29, 0.717) is 23.2 Å². The molecule has 1 aliphatic rings. The Morgan fingerprint density at radius 2 is 1.38 bits per heavy atom. The largest absolute Gasteiger partial charge is 0.507 e. The molecule has 1 aliphatic heterocycles. The molecule has 0 saturated heterocycles. The van der Waals surface area contributed by atoms with Crippen molar-refractivity contribution in [2.75, 3.05) is 23.4 Å². The van der Waals surface area contributed by atoms with Crippen LogP contribution in [0.3, 0.4) is 0 Å². The number of rotatable bonds is 5. The zero-order valence-corrected chi connectivity index (χ0v) is 20.5. The highest BCUT2D eigenvalue weighted by Crippen LogP contribution is 2.39. The summed E-state index contributed by atoms with van der Waals surface area (Å²) in [5, 5.41) is 13.2. The number of hydrogen-bond donors (Lipinski definition) is 1. The number of hydrogen-bond acceptors (Lipinski definition) is 4. The predicted molar refractivity (Wildman–Crippen MR) is 152 cm³/mol. The van der Waals surface area contributed by atoms with E-state index >= 15 is 0 Å². The molecule has 0 amide bonds. The van der Waals surface area contributed by atoms with Gasteiger partial charge in [0, 0.05) is 40.6 Å². The van der Waals surface area contributed by atoms with Crippen LogP contribution in [-0.2, 0) is 0 Å². The van der Waals surface area contributed by atoms with Crippen LogP contribution in [-0.4, -0.2) is 24.5 Å². The lowest BCUT2D eigenvalue weighted by Crippen LogP contribution is -2.29. The average Bonchev–Trinajstić information content (AvgIpc) is 2.96. The van der Waals surface area contributed by atoms with Gasteiger partial charge < -0.3 is 14.9 Å². The normalized spacial score (nSPS) is 12.9. The van der Waals surface area contributed by atoms with Gasteiger partial charge in [0.1, 0.15) is 5.76 Å². The average molecular weight is 483 g/mol. The second-order valence-corrected chi connectivity index (χ2v) is 9.25. The molecule has 0 aromatic heterocycles. The van der Waals surface area contributed by atoms with Gasteiger partial charge in [-0.25, -0.2) is 0 Å². The second kappa shape index (κ2) is 9.32. The van der Waals surface area contributed by atoms with Crippen LogP contribution in [0.1, 0.15) is 15.9 Å². The van der Waals surface area contributed by atoms with Gasteiger partial charge in [0.15, 0.2) is 5.78 Å². The highest BCUT2D eigenvalue weighted by molar-refractivity contribution is 6.14. The molecule has 0 aliphatic carbocycles. The van der Waals surface area contributed by atoms with Crippen LogP contribution >= 0.6 is 0 Å². The van der Waals surface area contributed by atoms with Gasteiger partial charge >= 0.3 is 0 Å². The van der Waals surface area contributed by atoms with Gasteiger partial charge in [0.05, 0.1) is 17.8 Å². The number of Topliss-reactive ketones (excluding diaryl/α,β-unsaturated/α-hetero) is 1. The number of benzene rings is 5. The fourth-order valence-electron chi connectivity index (χ4n) is 5.09. The van der Waals surface area contributed by atoms with Gasteiger partial charge in [0.25, 0.3) is 0 Å². The van der Waals surface area contributed by atoms with E-state index < -0.39 is 0 Å². The van der Waals surface area contributed by atoms with Crippen molar-refractivity contribution in [3.63, 3.8) is 0 Å². The van der Waals surface area contributed by atoms with Gasteiger partial charge in [0.2, 0.25) is 0 Å². The predicted octanol–water partition coefficient (Wildman–Crippen LogP) is 7.91. The van der Waals surface area contributed by atoms with Crippen LogP contribution in [0, 0.1) is 0 Å². The van der Waals surface area contributed by atoms with Gasteiger partial charge in [-0.2, -0.15) is 0 Å². The zero-order chi connectivity index (χ0) is 25.4. The van der Waals surface area contributed by atoms with E-state index in [1.54, 1.807) is 0 Å². The summed E-state index contributed by atoms with van der Waals surface area (Å²) in [5.74, 6) is -0.105. The van der Waals surface area contributed by atoms with Crippen molar-refractivity contribution in [3.8, 4) is 0 Å². The number of fused-ring (bicyclic) bond motifs is 2. The molecule has 1 N–H and O–H groups in total. The Morgan fingerprint density at radius 3 is 2.19 bits per heavy atom.